The van der Waals surface area contributed by atoms with Crippen LogP contribution < -0.4 is 5.32 Å². The Balaban J connectivity index is 1.89. The first-order valence-corrected chi connectivity index (χ1v) is 8.12. The van der Waals surface area contributed by atoms with E-state index in [2.05, 4.69) is 44.0 Å². The predicted octanol–water partition coefficient (Wildman–Crippen LogP) is 3.17. The van der Waals surface area contributed by atoms with E-state index in [1.54, 1.807) is 6.26 Å². The van der Waals surface area contributed by atoms with Crippen LogP contribution in [0.25, 0.3) is 0 Å². The van der Waals surface area contributed by atoms with Gasteiger partial charge >= 0.3 is 0 Å². The normalized spacial score (nSPS) is 19.6. The van der Waals surface area contributed by atoms with Gasteiger partial charge in [-0.05, 0) is 46.2 Å². The Bertz CT molecular complexity index is 417. The Kier molecular flexibility index (Phi) is 5.85. The van der Waals surface area contributed by atoms with E-state index in [0.717, 1.165) is 38.5 Å². The molecule has 1 aliphatic heterocycles. The Labute approximate surface area is 128 Å². The number of nitrogens with zero attached hydrogens (tertiary/aromatic N) is 1. The smallest absolute Gasteiger partial charge is 0.122 e. The Morgan fingerprint density at radius 1 is 1.38 bits per heavy atom. The summed E-state index contributed by atoms with van der Waals surface area (Å²) in [7, 11) is 0. The molecular formula is C17H30N2O2. The molecule has 0 aliphatic carbocycles. The molecule has 120 valence electrons. The van der Waals surface area contributed by atoms with Gasteiger partial charge in [0.1, 0.15) is 5.76 Å². The zero-order valence-electron chi connectivity index (χ0n) is 13.9. The van der Waals surface area contributed by atoms with Crippen molar-refractivity contribution in [3.8, 4) is 0 Å². The molecular weight excluding hydrogens is 264 g/mol. The zero-order valence-corrected chi connectivity index (χ0v) is 13.9. The van der Waals surface area contributed by atoms with Crippen LogP contribution in [-0.2, 0) is 17.8 Å². The molecule has 0 aromatic carbocycles. The molecule has 1 fully saturated rings. The lowest BCUT2D eigenvalue weighted by atomic mass is 10.1. The van der Waals surface area contributed by atoms with Gasteiger partial charge in [-0.25, -0.2) is 0 Å². The maximum Gasteiger partial charge on any atom is 0.122 e. The van der Waals surface area contributed by atoms with Crippen LogP contribution in [-0.4, -0.2) is 36.2 Å². The average Bonchev–Trinajstić information content (AvgIpc) is 3.06. The second-order valence-corrected chi connectivity index (χ2v) is 6.94. The topological polar surface area (TPSA) is 37.6 Å². The molecule has 0 spiro atoms. The fourth-order valence-electron chi connectivity index (χ4n) is 2.61. The number of nitrogens with one attached hydrogen (secondary N) is 1. The van der Waals surface area contributed by atoms with Gasteiger partial charge in [-0.2, -0.15) is 0 Å². The number of hydrogen-bond acceptors (Lipinski definition) is 4. The van der Waals surface area contributed by atoms with Gasteiger partial charge in [0.2, 0.25) is 0 Å². The van der Waals surface area contributed by atoms with Crippen molar-refractivity contribution in [2.75, 3.05) is 19.7 Å². The first-order valence-electron chi connectivity index (χ1n) is 8.12. The van der Waals surface area contributed by atoms with Crippen LogP contribution in [0.5, 0.6) is 0 Å². The number of hydrogen-bond donors (Lipinski definition) is 1. The van der Waals surface area contributed by atoms with Crippen molar-refractivity contribution in [2.45, 2.75) is 65.3 Å². The van der Waals surface area contributed by atoms with Crippen LogP contribution in [0, 0.1) is 0 Å². The number of ether oxygens (including phenoxy) is 1. The lowest BCUT2D eigenvalue weighted by molar-refractivity contribution is 0.0701. The summed E-state index contributed by atoms with van der Waals surface area (Å²) in [5.41, 5.74) is 1.38. The first kappa shape index (κ1) is 16.5. The van der Waals surface area contributed by atoms with Crippen LogP contribution in [0.4, 0.5) is 0 Å². The average molecular weight is 294 g/mol. The highest BCUT2D eigenvalue weighted by Crippen LogP contribution is 2.18. The molecule has 2 rings (SSSR count). The molecule has 4 heteroatoms. The van der Waals surface area contributed by atoms with E-state index in [4.69, 9.17) is 9.15 Å². The molecule has 1 aromatic rings. The van der Waals surface area contributed by atoms with Crippen molar-refractivity contribution in [1.82, 2.24) is 10.2 Å². The quantitative estimate of drug-likeness (QED) is 0.838. The van der Waals surface area contributed by atoms with Crippen LogP contribution >= 0.6 is 0 Å². The van der Waals surface area contributed by atoms with Crippen LogP contribution in [0.2, 0.25) is 0 Å². The molecule has 0 radical (unpaired) electrons. The molecule has 1 aromatic heterocycles. The minimum Gasteiger partial charge on any atom is -0.468 e. The highest BCUT2D eigenvalue weighted by molar-refractivity contribution is 5.17. The van der Waals surface area contributed by atoms with Crippen LogP contribution in [0.1, 0.15) is 51.9 Å². The third kappa shape index (κ3) is 5.46. The van der Waals surface area contributed by atoms with Gasteiger partial charge in [-0.15, -0.1) is 0 Å². The second kappa shape index (κ2) is 7.43. The van der Waals surface area contributed by atoms with Crippen molar-refractivity contribution < 1.29 is 9.15 Å². The molecule has 2 heterocycles. The predicted molar refractivity (Wildman–Crippen MR) is 85.2 cm³/mol. The lowest BCUT2D eigenvalue weighted by Crippen LogP contribution is -2.35. The van der Waals surface area contributed by atoms with Gasteiger partial charge < -0.3 is 14.5 Å². The second-order valence-electron chi connectivity index (χ2n) is 6.94. The zero-order chi connectivity index (χ0) is 15.3. The maximum absolute atomic E-state index is 5.74. The summed E-state index contributed by atoms with van der Waals surface area (Å²) in [5, 5.41) is 3.53. The molecule has 1 N–H and O–H groups in total. The van der Waals surface area contributed by atoms with E-state index in [9.17, 15) is 0 Å². The van der Waals surface area contributed by atoms with Crippen molar-refractivity contribution in [1.29, 1.82) is 0 Å². The highest BCUT2D eigenvalue weighted by Gasteiger charge is 2.20. The fourth-order valence-corrected chi connectivity index (χ4v) is 2.61. The molecule has 0 saturated carbocycles. The Morgan fingerprint density at radius 2 is 2.19 bits per heavy atom. The van der Waals surface area contributed by atoms with Crippen LogP contribution in [0.15, 0.2) is 16.7 Å². The van der Waals surface area contributed by atoms with E-state index >= 15 is 0 Å². The van der Waals surface area contributed by atoms with Crippen molar-refractivity contribution in [3.05, 3.63) is 23.7 Å². The molecule has 0 bridgehead atoms. The summed E-state index contributed by atoms with van der Waals surface area (Å²) in [6.45, 7) is 13.4. The molecule has 1 atom stereocenters. The molecule has 1 saturated heterocycles. The molecule has 0 amide bonds. The van der Waals surface area contributed by atoms with E-state index in [0.29, 0.717) is 6.10 Å². The molecule has 1 aliphatic rings. The summed E-state index contributed by atoms with van der Waals surface area (Å²) in [5.74, 6) is 1.08. The first-order chi connectivity index (χ1) is 9.98. The minimum absolute atomic E-state index is 0.122. The third-order valence-electron chi connectivity index (χ3n) is 3.95. The number of rotatable bonds is 7. The largest absolute Gasteiger partial charge is 0.468 e. The van der Waals surface area contributed by atoms with Gasteiger partial charge in [0.05, 0.1) is 18.9 Å². The Hall–Kier alpha value is -0.840. The monoisotopic (exact) mass is 294 g/mol. The summed E-state index contributed by atoms with van der Waals surface area (Å²) < 4.78 is 11.4. The molecule has 1 unspecified atom stereocenters. The number of furan rings is 1. The molecule has 21 heavy (non-hydrogen) atoms. The molecule has 4 nitrogen and oxygen atoms in total. The van der Waals surface area contributed by atoms with Gasteiger partial charge in [0, 0.05) is 30.8 Å². The Morgan fingerprint density at radius 3 is 2.81 bits per heavy atom. The van der Waals surface area contributed by atoms with E-state index in [1.807, 2.05) is 0 Å². The van der Waals surface area contributed by atoms with Gasteiger partial charge in [0.15, 0.2) is 0 Å². The van der Waals surface area contributed by atoms with Gasteiger partial charge in [-0.1, -0.05) is 6.92 Å². The maximum atomic E-state index is 5.74. The minimum atomic E-state index is 0.122. The van der Waals surface area contributed by atoms with Crippen molar-refractivity contribution in [2.24, 2.45) is 0 Å². The van der Waals surface area contributed by atoms with Crippen molar-refractivity contribution >= 4 is 0 Å². The van der Waals surface area contributed by atoms with Gasteiger partial charge in [-0.3, -0.25) is 4.90 Å². The summed E-state index contributed by atoms with van der Waals surface area (Å²) >= 11 is 0. The number of likely N-dealkylation sites (N-methyl/N-ethyl adjacent to an activating group) is 1. The SMILES string of the molecule is CCN(Cc1occc1CNC(C)(C)C)CC1CCCO1. The standard InChI is InChI=1S/C17H30N2O2/c1-5-19(12-15-7-6-9-20-15)13-16-14(8-10-21-16)11-18-17(2,3)4/h8,10,15,18H,5-7,9,11-13H2,1-4H3. The fraction of sp³-hybridized carbons (Fsp3) is 0.765. The highest BCUT2D eigenvalue weighted by atomic mass is 16.5. The van der Waals surface area contributed by atoms with E-state index in [-0.39, 0.29) is 5.54 Å². The van der Waals surface area contributed by atoms with Crippen molar-refractivity contribution in [3.63, 3.8) is 0 Å². The van der Waals surface area contributed by atoms with Crippen LogP contribution in [0.3, 0.4) is 0 Å². The van der Waals surface area contributed by atoms with E-state index < -0.39 is 0 Å². The van der Waals surface area contributed by atoms with E-state index in [1.165, 1.54) is 18.4 Å². The summed E-state index contributed by atoms with van der Waals surface area (Å²) in [4.78, 5) is 2.41. The summed E-state index contributed by atoms with van der Waals surface area (Å²) in [6.07, 6.45) is 4.59. The van der Waals surface area contributed by atoms with Gasteiger partial charge in [0.25, 0.3) is 0 Å². The lowest BCUT2D eigenvalue weighted by Gasteiger charge is -2.24. The third-order valence-corrected chi connectivity index (χ3v) is 3.95. The summed E-state index contributed by atoms with van der Waals surface area (Å²) in [6, 6.07) is 2.08.